The van der Waals surface area contributed by atoms with Gasteiger partial charge in [-0.2, -0.15) is 0 Å². The fourth-order valence-electron chi connectivity index (χ4n) is 3.90. The van der Waals surface area contributed by atoms with Crippen molar-refractivity contribution in [3.63, 3.8) is 0 Å². The van der Waals surface area contributed by atoms with E-state index >= 15 is 0 Å². The van der Waals surface area contributed by atoms with E-state index in [0.717, 1.165) is 19.6 Å². The predicted octanol–water partition coefficient (Wildman–Crippen LogP) is 4.64. The van der Waals surface area contributed by atoms with Gasteiger partial charge < -0.3 is 9.80 Å². The lowest BCUT2D eigenvalue weighted by Gasteiger charge is -2.41. The van der Waals surface area contributed by atoms with Gasteiger partial charge in [-0.1, -0.05) is 13.8 Å². The van der Waals surface area contributed by atoms with Gasteiger partial charge >= 0.3 is 0 Å². The van der Waals surface area contributed by atoms with Gasteiger partial charge in [0.1, 0.15) is 6.04 Å². The molecule has 0 aromatic heterocycles. The van der Waals surface area contributed by atoms with E-state index in [1.165, 1.54) is 51.8 Å². The highest BCUT2D eigenvalue weighted by Crippen LogP contribution is 2.46. The molecule has 0 bridgehead atoms. The molecule has 2 heterocycles. The number of guanidine groups is 1. The number of halogens is 2. The zero-order valence-electron chi connectivity index (χ0n) is 13.7. The lowest BCUT2D eigenvalue weighted by molar-refractivity contribution is 0.264. The van der Waals surface area contributed by atoms with Gasteiger partial charge in [-0.25, -0.2) is 4.99 Å². The minimum absolute atomic E-state index is 0.289. The molecule has 1 saturated heterocycles. The Labute approximate surface area is 150 Å². The monoisotopic (exact) mass is 429 g/mol. The van der Waals surface area contributed by atoms with E-state index in [-0.39, 0.29) is 6.04 Å². The van der Waals surface area contributed by atoms with Crippen molar-refractivity contribution < 1.29 is 0 Å². The third-order valence-electron chi connectivity index (χ3n) is 4.88. The van der Waals surface area contributed by atoms with Crippen LogP contribution < -0.4 is 0 Å². The van der Waals surface area contributed by atoms with Crippen LogP contribution in [0.15, 0.2) is 25.1 Å². The standard InChI is InChI=1S/C17H25Br2N3/c1-4-8-21(9-5-2)17-20-15-11(3)13(18)14(19)12-7-6-10-22(17)16(12)15/h15-16H,4-10H2,1-3H3. The molecule has 5 heteroatoms. The van der Waals surface area contributed by atoms with Crippen LogP contribution in [0.2, 0.25) is 0 Å². The van der Waals surface area contributed by atoms with Gasteiger partial charge in [-0.15, -0.1) is 0 Å². The summed E-state index contributed by atoms with van der Waals surface area (Å²) in [6.07, 6.45) is 4.75. The van der Waals surface area contributed by atoms with Crippen LogP contribution in [0.3, 0.4) is 0 Å². The van der Waals surface area contributed by atoms with Gasteiger partial charge in [0.15, 0.2) is 5.96 Å². The van der Waals surface area contributed by atoms with Gasteiger partial charge in [0.25, 0.3) is 0 Å². The van der Waals surface area contributed by atoms with Crippen molar-refractivity contribution >= 4 is 37.8 Å². The van der Waals surface area contributed by atoms with Crippen molar-refractivity contribution in [3.8, 4) is 0 Å². The maximum absolute atomic E-state index is 5.18. The van der Waals surface area contributed by atoms with Crippen LogP contribution in [-0.4, -0.2) is 47.5 Å². The van der Waals surface area contributed by atoms with E-state index in [0.29, 0.717) is 6.04 Å². The molecule has 2 atom stereocenters. The number of piperidine rings is 1. The van der Waals surface area contributed by atoms with Gasteiger partial charge in [0, 0.05) is 28.6 Å². The SMILES string of the molecule is CCCN(CCC)C1=NC2C(C)=C(Br)C(Br)=C3CCCN1C32. The molecule has 122 valence electrons. The second-order valence-corrected chi connectivity index (χ2v) is 8.02. The molecule has 0 radical (unpaired) electrons. The molecule has 0 amide bonds. The van der Waals surface area contributed by atoms with E-state index in [4.69, 9.17) is 4.99 Å². The average Bonchev–Trinajstić information content (AvgIpc) is 2.91. The average molecular weight is 431 g/mol. The minimum atomic E-state index is 0.289. The normalized spacial score (nSPS) is 27.3. The second kappa shape index (κ2) is 6.68. The van der Waals surface area contributed by atoms with Crippen molar-refractivity contribution in [2.24, 2.45) is 4.99 Å². The second-order valence-electron chi connectivity index (χ2n) is 6.44. The molecular formula is C17H25Br2N3. The Balaban J connectivity index is 1.99. The van der Waals surface area contributed by atoms with E-state index in [2.05, 4.69) is 62.4 Å². The van der Waals surface area contributed by atoms with E-state index in [1.54, 1.807) is 0 Å². The first-order valence-corrected chi connectivity index (χ1v) is 10.0. The summed E-state index contributed by atoms with van der Waals surface area (Å²) in [5.74, 6) is 1.23. The molecule has 22 heavy (non-hydrogen) atoms. The third-order valence-corrected chi connectivity index (χ3v) is 7.34. The molecule has 0 aromatic carbocycles. The largest absolute Gasteiger partial charge is 0.343 e. The van der Waals surface area contributed by atoms with Crippen LogP contribution in [0, 0.1) is 0 Å². The molecule has 3 rings (SSSR count). The van der Waals surface area contributed by atoms with Gasteiger partial charge in [-0.3, -0.25) is 0 Å². The molecule has 0 saturated carbocycles. The zero-order chi connectivity index (χ0) is 15.9. The number of aliphatic imine (C=N–C) groups is 1. The topological polar surface area (TPSA) is 18.8 Å². The molecule has 3 aliphatic rings. The first kappa shape index (κ1) is 16.6. The number of hydrogen-bond acceptors (Lipinski definition) is 3. The van der Waals surface area contributed by atoms with Crippen LogP contribution in [0.25, 0.3) is 0 Å². The van der Waals surface area contributed by atoms with Crippen LogP contribution in [0.5, 0.6) is 0 Å². The fraction of sp³-hybridized carbons (Fsp3) is 0.706. The molecule has 1 fully saturated rings. The Hall–Kier alpha value is -0.290. The predicted molar refractivity (Wildman–Crippen MR) is 101 cm³/mol. The number of nitrogens with zero attached hydrogens (tertiary/aromatic N) is 3. The van der Waals surface area contributed by atoms with Crippen LogP contribution >= 0.6 is 31.9 Å². The summed E-state index contributed by atoms with van der Waals surface area (Å²) < 4.78 is 2.48. The molecule has 0 N–H and O–H groups in total. The Kier molecular flexibility index (Phi) is 5.03. The lowest BCUT2D eigenvalue weighted by atomic mass is 9.84. The summed E-state index contributed by atoms with van der Waals surface area (Å²) in [5, 5.41) is 0. The molecule has 0 spiro atoms. The summed E-state index contributed by atoms with van der Waals surface area (Å²) in [6.45, 7) is 10.1. The summed E-state index contributed by atoms with van der Waals surface area (Å²) in [7, 11) is 0. The summed E-state index contributed by atoms with van der Waals surface area (Å²) in [6, 6.07) is 0.729. The van der Waals surface area contributed by atoms with Crippen LogP contribution in [0.4, 0.5) is 0 Å². The zero-order valence-corrected chi connectivity index (χ0v) is 16.9. The van der Waals surface area contributed by atoms with E-state index < -0.39 is 0 Å². The van der Waals surface area contributed by atoms with Crippen molar-refractivity contribution in [1.29, 1.82) is 0 Å². The smallest absolute Gasteiger partial charge is 0.197 e. The van der Waals surface area contributed by atoms with Crippen molar-refractivity contribution in [2.75, 3.05) is 19.6 Å². The molecule has 2 unspecified atom stereocenters. The highest BCUT2D eigenvalue weighted by Gasteiger charge is 2.46. The number of rotatable bonds is 4. The summed E-state index contributed by atoms with van der Waals surface area (Å²) >= 11 is 7.59. The maximum atomic E-state index is 5.18. The quantitative estimate of drug-likeness (QED) is 0.646. The molecule has 2 aliphatic heterocycles. The van der Waals surface area contributed by atoms with Crippen LogP contribution in [-0.2, 0) is 0 Å². The van der Waals surface area contributed by atoms with Gasteiger partial charge in [0.05, 0.1) is 6.04 Å². The van der Waals surface area contributed by atoms with Crippen molar-refractivity contribution in [1.82, 2.24) is 9.80 Å². The minimum Gasteiger partial charge on any atom is -0.343 e. The Morgan fingerprint density at radius 3 is 2.50 bits per heavy atom. The van der Waals surface area contributed by atoms with Crippen LogP contribution in [0.1, 0.15) is 46.5 Å². The number of hydrogen-bond donors (Lipinski definition) is 0. The molecule has 0 aromatic rings. The number of allylic oxidation sites excluding steroid dienone is 2. The Bertz CT molecular complexity index is 544. The maximum Gasteiger partial charge on any atom is 0.197 e. The van der Waals surface area contributed by atoms with E-state index in [9.17, 15) is 0 Å². The first-order valence-electron chi connectivity index (χ1n) is 8.44. The molecule has 1 aliphatic carbocycles. The third kappa shape index (κ3) is 2.58. The molecule has 3 nitrogen and oxygen atoms in total. The highest BCUT2D eigenvalue weighted by atomic mass is 79.9. The van der Waals surface area contributed by atoms with Crippen molar-refractivity contribution in [3.05, 3.63) is 20.1 Å². The highest BCUT2D eigenvalue weighted by molar-refractivity contribution is 9.15. The van der Waals surface area contributed by atoms with Crippen molar-refractivity contribution in [2.45, 2.75) is 58.5 Å². The van der Waals surface area contributed by atoms with Gasteiger partial charge in [0.2, 0.25) is 0 Å². The fourth-order valence-corrected chi connectivity index (χ4v) is 5.14. The molecular weight excluding hydrogens is 406 g/mol. The van der Waals surface area contributed by atoms with Gasteiger partial charge in [-0.05, 0) is 75.6 Å². The Morgan fingerprint density at radius 1 is 1.18 bits per heavy atom. The first-order chi connectivity index (χ1) is 10.6. The van der Waals surface area contributed by atoms with E-state index in [1.807, 2.05) is 0 Å². The summed E-state index contributed by atoms with van der Waals surface area (Å²) in [4.78, 5) is 10.2. The lowest BCUT2D eigenvalue weighted by Crippen LogP contribution is -2.51. The summed E-state index contributed by atoms with van der Waals surface area (Å²) in [5.41, 5.74) is 2.89. The Morgan fingerprint density at radius 2 is 1.86 bits per heavy atom.